The average Bonchev–Trinajstić information content (AvgIpc) is 2.11. The summed E-state index contributed by atoms with van der Waals surface area (Å²) >= 11 is 0. The summed E-state index contributed by atoms with van der Waals surface area (Å²) in [6.45, 7) is 4.35. The Morgan fingerprint density at radius 1 is 1.15 bits per heavy atom. The third-order valence-corrected chi connectivity index (χ3v) is 1.44. The molecule has 0 aliphatic carbocycles. The first-order chi connectivity index (χ1) is 6.31. The summed E-state index contributed by atoms with van der Waals surface area (Å²) in [5, 5.41) is 0. The Morgan fingerprint density at radius 3 is 2.46 bits per heavy atom. The standard InChI is InChI=1S/C11H18O2/c1-3-5-6-7-8-9-10-11(12)13-4-2/h5-6,9-10H,3-4,7-8H2,1-2H3. The number of hydrogen-bond donors (Lipinski definition) is 0. The van der Waals surface area contributed by atoms with Gasteiger partial charge in [0.05, 0.1) is 6.61 Å². The second kappa shape index (κ2) is 9.04. The van der Waals surface area contributed by atoms with E-state index in [2.05, 4.69) is 19.1 Å². The van der Waals surface area contributed by atoms with Crippen molar-refractivity contribution in [2.75, 3.05) is 6.61 Å². The molecule has 0 rings (SSSR count). The van der Waals surface area contributed by atoms with E-state index in [-0.39, 0.29) is 5.97 Å². The van der Waals surface area contributed by atoms with Crippen molar-refractivity contribution in [3.05, 3.63) is 24.3 Å². The van der Waals surface area contributed by atoms with Crippen molar-refractivity contribution in [1.29, 1.82) is 0 Å². The summed E-state index contributed by atoms with van der Waals surface area (Å²) in [4.78, 5) is 10.8. The highest BCUT2D eigenvalue weighted by atomic mass is 16.5. The Kier molecular flexibility index (Phi) is 8.31. The first kappa shape index (κ1) is 11.9. The molecule has 0 unspecified atom stereocenters. The molecule has 0 bridgehead atoms. The van der Waals surface area contributed by atoms with Gasteiger partial charge in [-0.15, -0.1) is 0 Å². The van der Waals surface area contributed by atoms with Crippen molar-refractivity contribution in [2.45, 2.75) is 33.1 Å². The molecule has 0 N–H and O–H groups in total. The number of esters is 1. The Balaban J connectivity index is 3.40. The highest BCUT2D eigenvalue weighted by molar-refractivity contribution is 5.81. The fourth-order valence-corrected chi connectivity index (χ4v) is 0.847. The first-order valence-corrected chi connectivity index (χ1v) is 4.79. The average molecular weight is 182 g/mol. The van der Waals surface area contributed by atoms with E-state index in [0.29, 0.717) is 6.61 Å². The normalized spacial score (nSPS) is 11.2. The summed E-state index contributed by atoms with van der Waals surface area (Å²) in [7, 11) is 0. The van der Waals surface area contributed by atoms with Crippen molar-refractivity contribution in [3.63, 3.8) is 0 Å². The number of rotatable bonds is 6. The van der Waals surface area contributed by atoms with Crippen molar-refractivity contribution in [2.24, 2.45) is 0 Å². The van der Waals surface area contributed by atoms with Crippen LogP contribution in [0.25, 0.3) is 0 Å². The van der Waals surface area contributed by atoms with Gasteiger partial charge in [-0.1, -0.05) is 25.2 Å². The monoisotopic (exact) mass is 182 g/mol. The SMILES string of the molecule is CCC=CCCC=CC(=O)OCC. The Labute approximate surface area is 80.3 Å². The molecule has 2 nitrogen and oxygen atoms in total. The van der Waals surface area contributed by atoms with Crippen LogP contribution in [-0.4, -0.2) is 12.6 Å². The lowest BCUT2D eigenvalue weighted by atomic mass is 10.2. The summed E-state index contributed by atoms with van der Waals surface area (Å²) < 4.78 is 4.73. The third kappa shape index (κ3) is 8.86. The zero-order chi connectivity index (χ0) is 9.94. The zero-order valence-corrected chi connectivity index (χ0v) is 8.45. The lowest BCUT2D eigenvalue weighted by molar-refractivity contribution is -0.137. The van der Waals surface area contributed by atoms with Gasteiger partial charge in [-0.05, 0) is 26.2 Å². The van der Waals surface area contributed by atoms with Crippen LogP contribution < -0.4 is 0 Å². The van der Waals surface area contributed by atoms with Gasteiger partial charge in [-0.2, -0.15) is 0 Å². The lowest BCUT2D eigenvalue weighted by Gasteiger charge is -1.93. The van der Waals surface area contributed by atoms with Gasteiger partial charge in [-0.3, -0.25) is 0 Å². The fraction of sp³-hybridized carbons (Fsp3) is 0.545. The predicted molar refractivity (Wildman–Crippen MR) is 54.4 cm³/mol. The van der Waals surface area contributed by atoms with E-state index in [9.17, 15) is 4.79 Å². The number of ether oxygens (including phenoxy) is 1. The van der Waals surface area contributed by atoms with Crippen LogP contribution in [0.1, 0.15) is 33.1 Å². The smallest absolute Gasteiger partial charge is 0.330 e. The molecule has 2 heteroatoms. The minimum absolute atomic E-state index is 0.248. The molecular formula is C11H18O2. The molecule has 0 aromatic heterocycles. The number of unbranched alkanes of at least 4 members (excludes halogenated alkanes) is 1. The molecule has 0 saturated heterocycles. The van der Waals surface area contributed by atoms with E-state index in [1.54, 1.807) is 6.92 Å². The Morgan fingerprint density at radius 2 is 1.85 bits per heavy atom. The number of carbonyl (C=O) groups excluding carboxylic acids is 1. The molecule has 0 aliphatic heterocycles. The van der Waals surface area contributed by atoms with E-state index >= 15 is 0 Å². The topological polar surface area (TPSA) is 26.3 Å². The van der Waals surface area contributed by atoms with Crippen LogP contribution in [0.2, 0.25) is 0 Å². The van der Waals surface area contributed by atoms with E-state index in [1.807, 2.05) is 6.08 Å². The number of hydrogen-bond acceptors (Lipinski definition) is 2. The molecule has 0 aromatic carbocycles. The van der Waals surface area contributed by atoms with Crippen LogP contribution in [-0.2, 0) is 9.53 Å². The summed E-state index contributed by atoms with van der Waals surface area (Å²) in [6, 6.07) is 0. The van der Waals surface area contributed by atoms with Crippen molar-refractivity contribution < 1.29 is 9.53 Å². The van der Waals surface area contributed by atoms with Crippen LogP contribution in [0, 0.1) is 0 Å². The fourth-order valence-electron chi connectivity index (χ4n) is 0.847. The van der Waals surface area contributed by atoms with Gasteiger partial charge < -0.3 is 4.74 Å². The second-order valence-electron chi connectivity index (χ2n) is 2.61. The van der Waals surface area contributed by atoms with E-state index in [4.69, 9.17) is 4.74 Å². The van der Waals surface area contributed by atoms with Gasteiger partial charge in [0.15, 0.2) is 0 Å². The van der Waals surface area contributed by atoms with Gasteiger partial charge in [0.2, 0.25) is 0 Å². The maximum Gasteiger partial charge on any atom is 0.330 e. The van der Waals surface area contributed by atoms with Crippen LogP contribution in [0.15, 0.2) is 24.3 Å². The minimum atomic E-state index is -0.248. The molecule has 13 heavy (non-hydrogen) atoms. The van der Waals surface area contributed by atoms with E-state index in [0.717, 1.165) is 19.3 Å². The quantitative estimate of drug-likeness (QED) is 0.273. The highest BCUT2D eigenvalue weighted by Crippen LogP contribution is 1.94. The van der Waals surface area contributed by atoms with Crippen molar-refractivity contribution >= 4 is 5.97 Å². The lowest BCUT2D eigenvalue weighted by Crippen LogP contribution is -1.98. The molecule has 0 spiro atoms. The largest absolute Gasteiger partial charge is 0.463 e. The minimum Gasteiger partial charge on any atom is -0.463 e. The maximum absolute atomic E-state index is 10.8. The van der Waals surface area contributed by atoms with E-state index < -0.39 is 0 Å². The molecule has 0 aromatic rings. The second-order valence-corrected chi connectivity index (χ2v) is 2.61. The van der Waals surface area contributed by atoms with Crippen molar-refractivity contribution in [1.82, 2.24) is 0 Å². The molecule has 0 radical (unpaired) electrons. The summed E-state index contributed by atoms with van der Waals surface area (Å²) in [5.74, 6) is -0.248. The summed E-state index contributed by atoms with van der Waals surface area (Å²) in [6.07, 6.45) is 10.5. The first-order valence-electron chi connectivity index (χ1n) is 4.79. The van der Waals surface area contributed by atoms with Gasteiger partial charge in [-0.25, -0.2) is 4.79 Å². The van der Waals surface area contributed by atoms with Gasteiger partial charge in [0.25, 0.3) is 0 Å². The Hall–Kier alpha value is -1.05. The van der Waals surface area contributed by atoms with Crippen LogP contribution in [0.5, 0.6) is 0 Å². The Bertz CT molecular complexity index is 181. The third-order valence-electron chi connectivity index (χ3n) is 1.44. The molecule has 0 fully saturated rings. The number of carbonyl (C=O) groups is 1. The van der Waals surface area contributed by atoms with Crippen molar-refractivity contribution in [3.8, 4) is 0 Å². The molecule has 74 valence electrons. The van der Waals surface area contributed by atoms with Gasteiger partial charge >= 0.3 is 5.97 Å². The number of allylic oxidation sites excluding steroid dienone is 3. The van der Waals surface area contributed by atoms with Crippen LogP contribution in [0.3, 0.4) is 0 Å². The van der Waals surface area contributed by atoms with Crippen LogP contribution in [0.4, 0.5) is 0 Å². The molecule has 0 saturated carbocycles. The molecule has 0 heterocycles. The van der Waals surface area contributed by atoms with E-state index in [1.165, 1.54) is 6.08 Å². The summed E-state index contributed by atoms with van der Waals surface area (Å²) in [5.41, 5.74) is 0. The molecule has 0 amide bonds. The predicted octanol–water partition coefficient (Wildman–Crippen LogP) is 2.85. The molecule has 0 aliphatic rings. The molecular weight excluding hydrogens is 164 g/mol. The zero-order valence-electron chi connectivity index (χ0n) is 8.45. The highest BCUT2D eigenvalue weighted by Gasteiger charge is 1.90. The van der Waals surface area contributed by atoms with Gasteiger partial charge in [0, 0.05) is 6.08 Å². The van der Waals surface area contributed by atoms with Crippen LogP contribution >= 0.6 is 0 Å². The maximum atomic E-state index is 10.8. The molecule has 0 atom stereocenters. The van der Waals surface area contributed by atoms with Gasteiger partial charge in [0.1, 0.15) is 0 Å².